The van der Waals surface area contributed by atoms with Crippen molar-refractivity contribution in [3.8, 4) is 17.2 Å². The van der Waals surface area contributed by atoms with Crippen LogP contribution in [0.15, 0.2) is 22.7 Å². The summed E-state index contributed by atoms with van der Waals surface area (Å²) in [6, 6.07) is 4.20. The fraction of sp³-hybridized carbons (Fsp3) is 0.333. The second kappa shape index (κ2) is 6.31. The van der Waals surface area contributed by atoms with Crippen molar-refractivity contribution in [3.63, 3.8) is 0 Å². The number of aromatic hydroxyl groups is 1. The Balaban J connectivity index is 1.97. The highest BCUT2D eigenvalue weighted by atomic mass is 35.5. The van der Waals surface area contributed by atoms with Crippen LogP contribution in [0, 0.1) is 0 Å². The number of rotatable bonds is 5. The van der Waals surface area contributed by atoms with E-state index in [-0.39, 0.29) is 30.5 Å². The molecule has 0 amide bonds. The first-order valence-corrected chi connectivity index (χ1v) is 6.19. The predicted octanol–water partition coefficient (Wildman–Crippen LogP) is 3.22. The van der Waals surface area contributed by atoms with Gasteiger partial charge in [0.25, 0.3) is 5.89 Å². The van der Waals surface area contributed by atoms with Crippen LogP contribution in [-0.4, -0.2) is 34.6 Å². The topological polar surface area (TPSA) is 68.4 Å². The zero-order chi connectivity index (χ0) is 15.5. The Morgan fingerprint density at radius 2 is 2.10 bits per heavy atom. The molecule has 21 heavy (non-hydrogen) atoms. The first-order chi connectivity index (χ1) is 9.85. The number of hydrogen-bond donors (Lipinski definition) is 1. The molecule has 0 spiro atoms. The maximum atomic E-state index is 11.9. The van der Waals surface area contributed by atoms with Gasteiger partial charge in [-0.25, -0.2) is 0 Å². The summed E-state index contributed by atoms with van der Waals surface area (Å²) >= 11 is 5.93. The van der Waals surface area contributed by atoms with Crippen LogP contribution in [0.5, 0.6) is 5.75 Å². The molecule has 0 saturated heterocycles. The molecule has 0 aliphatic rings. The summed E-state index contributed by atoms with van der Waals surface area (Å²) in [5.74, 6) is 0.232. The number of aromatic nitrogens is 2. The standard InChI is InChI=1S/C12H10ClF3N2O3/c13-9-2-1-7(19)5-8(9)11-17-10(18-21-11)3-4-20-6-12(14,15)16/h1-2,5,19H,3-4,6H2. The molecule has 9 heteroatoms. The van der Waals surface area contributed by atoms with Crippen LogP contribution >= 0.6 is 11.6 Å². The van der Waals surface area contributed by atoms with Crippen LogP contribution in [0.3, 0.4) is 0 Å². The van der Waals surface area contributed by atoms with Crippen molar-refractivity contribution in [1.82, 2.24) is 10.1 Å². The highest BCUT2D eigenvalue weighted by Crippen LogP contribution is 2.29. The Hall–Kier alpha value is -1.80. The second-order valence-electron chi connectivity index (χ2n) is 4.10. The van der Waals surface area contributed by atoms with Crippen molar-refractivity contribution in [2.75, 3.05) is 13.2 Å². The van der Waals surface area contributed by atoms with Gasteiger partial charge < -0.3 is 14.4 Å². The molecule has 0 bridgehead atoms. The Labute approximate surface area is 122 Å². The van der Waals surface area contributed by atoms with Crippen molar-refractivity contribution < 1.29 is 27.5 Å². The molecule has 5 nitrogen and oxygen atoms in total. The maximum absolute atomic E-state index is 11.9. The highest BCUT2D eigenvalue weighted by molar-refractivity contribution is 6.33. The molecule has 2 rings (SSSR count). The van der Waals surface area contributed by atoms with Gasteiger partial charge >= 0.3 is 6.18 Å². The summed E-state index contributed by atoms with van der Waals surface area (Å²) in [5, 5.41) is 13.3. The lowest BCUT2D eigenvalue weighted by atomic mass is 10.2. The van der Waals surface area contributed by atoms with Crippen LogP contribution in [-0.2, 0) is 11.2 Å². The fourth-order valence-electron chi connectivity index (χ4n) is 1.49. The number of phenolic OH excluding ortho intramolecular Hbond substituents is 1. The van der Waals surface area contributed by atoms with E-state index in [2.05, 4.69) is 14.9 Å². The number of ether oxygens (including phenoxy) is 1. The van der Waals surface area contributed by atoms with Gasteiger partial charge in [-0.3, -0.25) is 0 Å². The number of benzene rings is 1. The lowest BCUT2D eigenvalue weighted by molar-refractivity contribution is -0.173. The monoisotopic (exact) mass is 322 g/mol. The third kappa shape index (κ3) is 4.61. The van der Waals surface area contributed by atoms with Gasteiger partial charge in [0.1, 0.15) is 12.4 Å². The first kappa shape index (κ1) is 15.6. The molecule has 1 aromatic heterocycles. The summed E-state index contributed by atoms with van der Waals surface area (Å²) in [4.78, 5) is 3.98. The van der Waals surface area contributed by atoms with Crippen molar-refractivity contribution >= 4 is 11.6 Å². The van der Waals surface area contributed by atoms with Gasteiger partial charge in [0.15, 0.2) is 5.82 Å². The van der Waals surface area contributed by atoms with E-state index in [1.807, 2.05) is 0 Å². The molecule has 0 fully saturated rings. The molecule has 1 heterocycles. The van der Waals surface area contributed by atoms with Gasteiger partial charge in [-0.2, -0.15) is 18.2 Å². The predicted molar refractivity (Wildman–Crippen MR) is 67.0 cm³/mol. The largest absolute Gasteiger partial charge is 0.508 e. The van der Waals surface area contributed by atoms with Gasteiger partial charge in [-0.05, 0) is 18.2 Å². The Morgan fingerprint density at radius 3 is 2.81 bits per heavy atom. The smallest absolute Gasteiger partial charge is 0.411 e. The van der Waals surface area contributed by atoms with Crippen LogP contribution < -0.4 is 0 Å². The summed E-state index contributed by atoms with van der Waals surface area (Å²) in [5.41, 5.74) is 0.339. The minimum Gasteiger partial charge on any atom is -0.508 e. The van der Waals surface area contributed by atoms with E-state index in [1.54, 1.807) is 0 Å². The third-order valence-corrected chi connectivity index (χ3v) is 2.71. The minimum absolute atomic E-state index is 0.0253. The van der Waals surface area contributed by atoms with Gasteiger partial charge in [-0.1, -0.05) is 16.8 Å². The average molecular weight is 323 g/mol. The lowest BCUT2D eigenvalue weighted by Crippen LogP contribution is -2.18. The van der Waals surface area contributed by atoms with Crippen molar-refractivity contribution in [2.24, 2.45) is 0 Å². The van der Waals surface area contributed by atoms with Crippen LogP contribution in [0.1, 0.15) is 5.82 Å². The fourth-order valence-corrected chi connectivity index (χ4v) is 1.69. The summed E-state index contributed by atoms with van der Waals surface area (Å²) in [6.07, 6.45) is -4.30. The molecular weight excluding hydrogens is 313 g/mol. The molecule has 0 aliphatic heterocycles. The summed E-state index contributed by atoms with van der Waals surface area (Å²) in [6.45, 7) is -1.51. The number of halogens is 4. The minimum atomic E-state index is -4.36. The number of hydrogen-bond acceptors (Lipinski definition) is 5. The normalized spacial score (nSPS) is 11.8. The summed E-state index contributed by atoms with van der Waals surface area (Å²) < 4.78 is 45.0. The summed E-state index contributed by atoms with van der Waals surface area (Å²) in [7, 11) is 0. The molecule has 0 radical (unpaired) electrons. The van der Waals surface area contributed by atoms with E-state index in [9.17, 15) is 18.3 Å². The molecule has 0 atom stereocenters. The van der Waals surface area contributed by atoms with E-state index in [4.69, 9.17) is 16.1 Å². The Bertz CT molecular complexity index is 616. The van der Waals surface area contributed by atoms with E-state index < -0.39 is 12.8 Å². The average Bonchev–Trinajstić information content (AvgIpc) is 2.85. The van der Waals surface area contributed by atoms with E-state index in [1.165, 1.54) is 18.2 Å². The van der Waals surface area contributed by atoms with E-state index in [0.717, 1.165) is 0 Å². The van der Waals surface area contributed by atoms with E-state index in [0.29, 0.717) is 10.6 Å². The molecule has 114 valence electrons. The Morgan fingerprint density at radius 1 is 1.33 bits per heavy atom. The van der Waals surface area contributed by atoms with Crippen molar-refractivity contribution in [1.29, 1.82) is 0 Å². The van der Waals surface area contributed by atoms with Crippen LogP contribution in [0.4, 0.5) is 13.2 Å². The molecule has 0 saturated carbocycles. The van der Waals surface area contributed by atoms with Crippen molar-refractivity contribution in [2.45, 2.75) is 12.6 Å². The van der Waals surface area contributed by atoms with Crippen LogP contribution in [0.2, 0.25) is 5.02 Å². The zero-order valence-corrected chi connectivity index (χ0v) is 11.3. The number of alkyl halides is 3. The molecule has 2 aromatic rings. The van der Waals surface area contributed by atoms with Gasteiger partial charge in [0.2, 0.25) is 0 Å². The first-order valence-electron chi connectivity index (χ1n) is 5.81. The molecule has 0 aliphatic carbocycles. The molecule has 1 N–H and O–H groups in total. The molecule has 0 unspecified atom stereocenters. The maximum Gasteiger partial charge on any atom is 0.411 e. The van der Waals surface area contributed by atoms with Crippen molar-refractivity contribution in [3.05, 3.63) is 29.0 Å². The number of nitrogens with zero attached hydrogens (tertiary/aromatic N) is 2. The molecular formula is C12H10ClF3N2O3. The number of phenols is 1. The Kier molecular flexibility index (Phi) is 4.69. The third-order valence-electron chi connectivity index (χ3n) is 2.38. The van der Waals surface area contributed by atoms with Gasteiger partial charge in [0, 0.05) is 6.42 Å². The van der Waals surface area contributed by atoms with Crippen LogP contribution in [0.25, 0.3) is 11.5 Å². The quantitative estimate of drug-likeness (QED) is 0.856. The van der Waals surface area contributed by atoms with E-state index >= 15 is 0 Å². The van der Waals surface area contributed by atoms with Gasteiger partial charge in [0.05, 0.1) is 17.2 Å². The lowest BCUT2D eigenvalue weighted by Gasteiger charge is -2.05. The second-order valence-corrected chi connectivity index (χ2v) is 4.50. The highest BCUT2D eigenvalue weighted by Gasteiger charge is 2.27. The SMILES string of the molecule is Oc1ccc(Cl)c(-c2nc(CCOCC(F)(F)F)no2)c1. The zero-order valence-electron chi connectivity index (χ0n) is 10.5. The molecule has 1 aromatic carbocycles. The van der Waals surface area contributed by atoms with Gasteiger partial charge in [-0.15, -0.1) is 0 Å².